The van der Waals surface area contributed by atoms with Crippen molar-refractivity contribution in [2.75, 3.05) is 13.7 Å². The summed E-state index contributed by atoms with van der Waals surface area (Å²) in [4.78, 5) is 0. The van der Waals surface area contributed by atoms with Crippen LogP contribution >= 0.6 is 0 Å². The topological polar surface area (TPSA) is 94.6 Å². The molecule has 2 aromatic rings. The minimum Gasteiger partial charge on any atom is -0.497 e. The molecule has 0 aliphatic carbocycles. The molecular formula is C14H18N2O4S. The number of sulfonamides is 1. The molecule has 0 atom stereocenters. The van der Waals surface area contributed by atoms with E-state index in [1.165, 1.54) is 6.07 Å². The maximum Gasteiger partial charge on any atom is 0.273 e. The number of rotatable bonds is 7. The Hall–Kier alpha value is -1.83. The summed E-state index contributed by atoms with van der Waals surface area (Å²) in [6.07, 6.45) is 0.556. The number of benzene rings is 1. The molecule has 1 aromatic heterocycles. The van der Waals surface area contributed by atoms with Crippen LogP contribution in [-0.2, 0) is 23.0 Å². The summed E-state index contributed by atoms with van der Waals surface area (Å²) in [5.41, 5.74) is 6.37. The first-order chi connectivity index (χ1) is 10.0. The van der Waals surface area contributed by atoms with Gasteiger partial charge in [-0.1, -0.05) is 12.1 Å². The van der Waals surface area contributed by atoms with Crippen molar-refractivity contribution >= 4 is 10.0 Å². The Balaban J connectivity index is 1.95. The minimum absolute atomic E-state index is 0.117. The van der Waals surface area contributed by atoms with Crippen LogP contribution in [0, 0.1) is 0 Å². The number of hydrogen-bond acceptors (Lipinski definition) is 5. The summed E-state index contributed by atoms with van der Waals surface area (Å²) in [6, 6.07) is 10.4. The third kappa shape index (κ3) is 4.07. The molecule has 0 fully saturated rings. The molecule has 1 heterocycles. The van der Waals surface area contributed by atoms with E-state index in [-0.39, 0.29) is 18.2 Å². The van der Waals surface area contributed by atoms with E-state index in [9.17, 15) is 8.42 Å². The predicted molar refractivity (Wildman–Crippen MR) is 78.5 cm³/mol. The van der Waals surface area contributed by atoms with Crippen molar-refractivity contribution < 1.29 is 17.6 Å². The zero-order valence-corrected chi connectivity index (χ0v) is 12.5. The molecule has 3 N–H and O–H groups in total. The summed E-state index contributed by atoms with van der Waals surface area (Å²) in [5, 5.41) is -0.117. The largest absolute Gasteiger partial charge is 0.497 e. The van der Waals surface area contributed by atoms with E-state index in [1.807, 2.05) is 24.3 Å². The molecule has 2 rings (SSSR count). The minimum atomic E-state index is -3.64. The van der Waals surface area contributed by atoms with Crippen molar-refractivity contribution in [3.8, 4) is 5.75 Å². The fourth-order valence-electron chi connectivity index (χ4n) is 1.84. The lowest BCUT2D eigenvalue weighted by molar-refractivity contribution is 0.412. The first kappa shape index (κ1) is 15.6. The summed E-state index contributed by atoms with van der Waals surface area (Å²) in [5.74, 6) is 1.18. The van der Waals surface area contributed by atoms with Crippen LogP contribution < -0.4 is 15.2 Å². The molecule has 7 heteroatoms. The van der Waals surface area contributed by atoms with Crippen molar-refractivity contribution in [3.63, 3.8) is 0 Å². The number of nitrogens with two attached hydrogens (primary N) is 1. The molecular weight excluding hydrogens is 292 g/mol. The highest BCUT2D eigenvalue weighted by atomic mass is 32.2. The van der Waals surface area contributed by atoms with Crippen LogP contribution in [0.25, 0.3) is 0 Å². The van der Waals surface area contributed by atoms with E-state index >= 15 is 0 Å². The fourth-order valence-corrected chi connectivity index (χ4v) is 2.82. The number of ether oxygens (including phenoxy) is 1. The average molecular weight is 310 g/mol. The number of furan rings is 1. The van der Waals surface area contributed by atoms with Crippen LogP contribution in [-0.4, -0.2) is 22.1 Å². The van der Waals surface area contributed by atoms with Crippen LogP contribution in [0.1, 0.15) is 11.3 Å². The molecule has 1 aromatic carbocycles. The standard InChI is InChI=1S/C14H18N2O4S/c1-19-12-4-2-3-11(9-12)7-8-16-21(17,18)14-6-5-13(10-15)20-14/h2-6,9,16H,7-8,10,15H2,1H3. The third-order valence-electron chi connectivity index (χ3n) is 2.94. The molecule has 0 aliphatic rings. The fraction of sp³-hybridized carbons (Fsp3) is 0.286. The summed E-state index contributed by atoms with van der Waals surface area (Å²) < 4.78 is 36.8. The van der Waals surface area contributed by atoms with Crippen LogP contribution in [0.2, 0.25) is 0 Å². The highest BCUT2D eigenvalue weighted by molar-refractivity contribution is 7.89. The second-order valence-corrected chi connectivity index (χ2v) is 6.12. The quantitative estimate of drug-likeness (QED) is 0.803. The van der Waals surface area contributed by atoms with Gasteiger partial charge in [-0.05, 0) is 36.2 Å². The lowest BCUT2D eigenvalue weighted by Gasteiger charge is -2.06. The highest BCUT2D eigenvalue weighted by Crippen LogP contribution is 2.14. The monoisotopic (exact) mass is 310 g/mol. The van der Waals surface area contributed by atoms with Gasteiger partial charge in [-0.15, -0.1) is 0 Å². The van der Waals surface area contributed by atoms with Gasteiger partial charge in [0.1, 0.15) is 11.5 Å². The zero-order chi connectivity index (χ0) is 15.3. The van der Waals surface area contributed by atoms with Crippen LogP contribution in [0.3, 0.4) is 0 Å². The van der Waals surface area contributed by atoms with Gasteiger partial charge in [-0.3, -0.25) is 0 Å². The van der Waals surface area contributed by atoms with E-state index in [1.54, 1.807) is 13.2 Å². The Morgan fingerprint density at radius 3 is 2.76 bits per heavy atom. The van der Waals surface area contributed by atoms with E-state index in [0.29, 0.717) is 12.2 Å². The van der Waals surface area contributed by atoms with E-state index in [0.717, 1.165) is 11.3 Å². The first-order valence-electron chi connectivity index (χ1n) is 6.46. The molecule has 0 aliphatic heterocycles. The van der Waals surface area contributed by atoms with E-state index in [4.69, 9.17) is 14.9 Å². The summed E-state index contributed by atoms with van der Waals surface area (Å²) in [6.45, 7) is 0.438. The van der Waals surface area contributed by atoms with Gasteiger partial charge in [-0.2, -0.15) is 0 Å². The van der Waals surface area contributed by atoms with Gasteiger partial charge in [-0.25, -0.2) is 13.1 Å². The Bertz CT molecular complexity index is 695. The maximum atomic E-state index is 12.0. The SMILES string of the molecule is COc1cccc(CCNS(=O)(=O)c2ccc(CN)o2)c1. The van der Waals surface area contributed by atoms with Gasteiger partial charge in [0.25, 0.3) is 10.0 Å². The number of nitrogens with one attached hydrogen (secondary N) is 1. The van der Waals surface area contributed by atoms with Crippen LogP contribution in [0.4, 0.5) is 0 Å². The van der Waals surface area contributed by atoms with Crippen LogP contribution in [0.15, 0.2) is 45.9 Å². The molecule has 0 unspecified atom stereocenters. The summed E-state index contributed by atoms with van der Waals surface area (Å²) >= 11 is 0. The van der Waals surface area contributed by atoms with E-state index < -0.39 is 10.0 Å². The van der Waals surface area contributed by atoms with Crippen molar-refractivity contribution in [3.05, 3.63) is 47.7 Å². The zero-order valence-electron chi connectivity index (χ0n) is 11.7. The van der Waals surface area contributed by atoms with Gasteiger partial charge in [0, 0.05) is 6.54 Å². The number of hydrogen-bond donors (Lipinski definition) is 2. The Kier molecular flexibility index (Phi) is 5.00. The Labute approximate surface area is 124 Å². The normalized spacial score (nSPS) is 11.5. The smallest absolute Gasteiger partial charge is 0.273 e. The van der Waals surface area contributed by atoms with Gasteiger partial charge >= 0.3 is 0 Å². The molecule has 21 heavy (non-hydrogen) atoms. The van der Waals surface area contributed by atoms with Gasteiger partial charge in [0.05, 0.1) is 13.7 Å². The lowest BCUT2D eigenvalue weighted by Crippen LogP contribution is -2.25. The second kappa shape index (κ2) is 6.75. The lowest BCUT2D eigenvalue weighted by atomic mass is 10.1. The molecule has 0 bridgehead atoms. The molecule has 0 spiro atoms. The summed E-state index contributed by atoms with van der Waals surface area (Å²) in [7, 11) is -2.05. The van der Waals surface area contributed by atoms with Crippen molar-refractivity contribution in [1.82, 2.24) is 4.72 Å². The molecule has 6 nitrogen and oxygen atoms in total. The van der Waals surface area contributed by atoms with Crippen LogP contribution in [0.5, 0.6) is 5.75 Å². The highest BCUT2D eigenvalue weighted by Gasteiger charge is 2.17. The molecule has 0 amide bonds. The molecule has 114 valence electrons. The van der Waals surface area contributed by atoms with Gasteiger partial charge in [0.2, 0.25) is 5.09 Å². The van der Waals surface area contributed by atoms with Crippen molar-refractivity contribution in [2.45, 2.75) is 18.1 Å². The molecule has 0 saturated carbocycles. The Morgan fingerprint density at radius 1 is 1.29 bits per heavy atom. The van der Waals surface area contributed by atoms with Crippen molar-refractivity contribution in [2.24, 2.45) is 5.73 Å². The predicted octanol–water partition coefficient (Wildman–Crippen LogP) is 1.27. The van der Waals surface area contributed by atoms with Gasteiger partial charge < -0.3 is 14.9 Å². The molecule has 0 radical (unpaired) electrons. The maximum absolute atomic E-state index is 12.0. The average Bonchev–Trinajstić information content (AvgIpc) is 2.97. The first-order valence-corrected chi connectivity index (χ1v) is 7.95. The van der Waals surface area contributed by atoms with Crippen molar-refractivity contribution in [1.29, 1.82) is 0 Å². The second-order valence-electron chi connectivity index (χ2n) is 4.42. The Morgan fingerprint density at radius 2 is 2.10 bits per heavy atom. The van der Waals surface area contributed by atoms with Gasteiger partial charge in [0.15, 0.2) is 0 Å². The molecule has 0 saturated heterocycles. The third-order valence-corrected chi connectivity index (χ3v) is 4.28. The number of methoxy groups -OCH3 is 1. The van der Waals surface area contributed by atoms with E-state index in [2.05, 4.69) is 4.72 Å².